The third-order valence-corrected chi connectivity index (χ3v) is 4.09. The maximum atomic E-state index is 12.6. The van der Waals surface area contributed by atoms with Crippen molar-refractivity contribution in [2.24, 2.45) is 0 Å². The molecule has 1 aliphatic rings. The summed E-state index contributed by atoms with van der Waals surface area (Å²) in [6.45, 7) is 2.97. The molecule has 0 N–H and O–H groups in total. The number of fused-ring (bicyclic) bond motifs is 1. The van der Waals surface area contributed by atoms with Crippen LogP contribution in [-0.4, -0.2) is 43.6 Å². The van der Waals surface area contributed by atoms with Crippen molar-refractivity contribution >= 4 is 11.9 Å². The van der Waals surface area contributed by atoms with Gasteiger partial charge in [0.25, 0.3) is 5.91 Å². The third kappa shape index (κ3) is 4.34. The Balaban J connectivity index is 2.02. The van der Waals surface area contributed by atoms with E-state index in [1.807, 2.05) is 13.0 Å². The summed E-state index contributed by atoms with van der Waals surface area (Å²) in [5.74, 6) is 0.201. The highest BCUT2D eigenvalue weighted by Crippen LogP contribution is 2.24. The van der Waals surface area contributed by atoms with E-state index < -0.39 is 0 Å². The van der Waals surface area contributed by atoms with Crippen LogP contribution in [0.1, 0.15) is 35.7 Å². The maximum absolute atomic E-state index is 12.6. The van der Waals surface area contributed by atoms with Gasteiger partial charge in [-0.1, -0.05) is 6.92 Å². The molecule has 0 radical (unpaired) electrons. The number of esters is 1. The van der Waals surface area contributed by atoms with E-state index in [0.717, 1.165) is 5.56 Å². The van der Waals surface area contributed by atoms with E-state index in [1.54, 1.807) is 17.0 Å². The van der Waals surface area contributed by atoms with E-state index in [4.69, 9.17) is 4.74 Å². The monoisotopic (exact) mass is 335 g/mol. The van der Waals surface area contributed by atoms with Crippen LogP contribution in [-0.2, 0) is 16.0 Å². The second-order valence-electron chi connectivity index (χ2n) is 5.60. The van der Waals surface area contributed by atoms with E-state index in [1.165, 1.54) is 7.11 Å². The fourth-order valence-electron chi connectivity index (χ4n) is 2.53. The zero-order chi connectivity index (χ0) is 17.5. The van der Waals surface area contributed by atoms with Crippen molar-refractivity contribution in [3.8, 4) is 5.75 Å². The van der Waals surface area contributed by atoms with Crippen molar-refractivity contribution in [3.63, 3.8) is 0 Å². The standard InChI is InChI=1S/C18H22FNO4/c1-3-13(11-19)12-24-15-4-5-16-14(10-15)6-8-20(18(16)22)9-7-17(21)23-2/h4-5,10-11H,3,6-9,12H2,1-2H3/b13-11+. The fraction of sp³-hybridized carbons (Fsp3) is 0.444. The third-order valence-electron chi connectivity index (χ3n) is 4.09. The summed E-state index contributed by atoms with van der Waals surface area (Å²) in [7, 11) is 1.33. The molecule has 1 heterocycles. The highest BCUT2D eigenvalue weighted by atomic mass is 19.1. The minimum Gasteiger partial charge on any atom is -0.489 e. The van der Waals surface area contributed by atoms with Gasteiger partial charge in [0.15, 0.2) is 0 Å². The van der Waals surface area contributed by atoms with Crippen molar-refractivity contribution in [3.05, 3.63) is 41.2 Å². The van der Waals surface area contributed by atoms with E-state index in [-0.39, 0.29) is 24.9 Å². The molecule has 0 unspecified atom stereocenters. The van der Waals surface area contributed by atoms with Crippen molar-refractivity contribution in [1.29, 1.82) is 0 Å². The molecule has 130 valence electrons. The Morgan fingerprint density at radius 3 is 2.88 bits per heavy atom. The van der Waals surface area contributed by atoms with Gasteiger partial charge in [-0.05, 0) is 42.2 Å². The van der Waals surface area contributed by atoms with Gasteiger partial charge in [-0.15, -0.1) is 0 Å². The van der Waals surface area contributed by atoms with Crippen molar-refractivity contribution < 1.29 is 23.5 Å². The average Bonchev–Trinajstić information content (AvgIpc) is 2.61. The van der Waals surface area contributed by atoms with Crippen LogP contribution in [0.15, 0.2) is 30.1 Å². The summed E-state index contributed by atoms with van der Waals surface area (Å²) < 4.78 is 22.7. The van der Waals surface area contributed by atoms with Crippen LogP contribution in [0.25, 0.3) is 0 Å². The summed E-state index contributed by atoms with van der Waals surface area (Å²) in [6.07, 6.45) is 2.04. The minimum atomic E-state index is -0.329. The number of methoxy groups -OCH3 is 1. The Morgan fingerprint density at radius 1 is 1.42 bits per heavy atom. The Morgan fingerprint density at radius 2 is 2.21 bits per heavy atom. The van der Waals surface area contributed by atoms with Gasteiger partial charge in [-0.2, -0.15) is 0 Å². The minimum absolute atomic E-state index is 0.0930. The number of carbonyl (C=O) groups is 2. The van der Waals surface area contributed by atoms with Crippen LogP contribution in [0, 0.1) is 0 Å². The molecule has 1 amide bonds. The van der Waals surface area contributed by atoms with Crippen molar-refractivity contribution in [2.45, 2.75) is 26.2 Å². The first-order valence-electron chi connectivity index (χ1n) is 7.99. The van der Waals surface area contributed by atoms with Crippen LogP contribution in [0.5, 0.6) is 5.75 Å². The van der Waals surface area contributed by atoms with Gasteiger partial charge in [0.1, 0.15) is 12.4 Å². The summed E-state index contributed by atoms with van der Waals surface area (Å²) >= 11 is 0. The van der Waals surface area contributed by atoms with Gasteiger partial charge in [-0.25, -0.2) is 4.39 Å². The Labute approximate surface area is 141 Å². The summed E-state index contributed by atoms with van der Waals surface area (Å²) in [5, 5.41) is 0. The molecule has 1 aromatic rings. The number of benzene rings is 1. The van der Waals surface area contributed by atoms with Crippen LogP contribution >= 0.6 is 0 Å². The van der Waals surface area contributed by atoms with E-state index in [9.17, 15) is 14.0 Å². The second kappa shape index (κ2) is 8.47. The van der Waals surface area contributed by atoms with Gasteiger partial charge in [0.2, 0.25) is 0 Å². The lowest BCUT2D eigenvalue weighted by Crippen LogP contribution is -2.38. The second-order valence-corrected chi connectivity index (χ2v) is 5.60. The number of amides is 1. The first-order valence-corrected chi connectivity index (χ1v) is 7.99. The lowest BCUT2D eigenvalue weighted by atomic mass is 9.98. The molecular weight excluding hydrogens is 313 g/mol. The van der Waals surface area contributed by atoms with Gasteiger partial charge in [0, 0.05) is 18.7 Å². The lowest BCUT2D eigenvalue weighted by Gasteiger charge is -2.28. The lowest BCUT2D eigenvalue weighted by molar-refractivity contribution is -0.140. The number of ether oxygens (including phenoxy) is 2. The van der Waals surface area contributed by atoms with Gasteiger partial charge < -0.3 is 14.4 Å². The number of hydrogen-bond acceptors (Lipinski definition) is 4. The smallest absolute Gasteiger partial charge is 0.307 e. The molecule has 0 atom stereocenters. The van der Waals surface area contributed by atoms with E-state index in [2.05, 4.69) is 4.74 Å². The molecule has 1 aromatic carbocycles. The largest absolute Gasteiger partial charge is 0.489 e. The van der Waals surface area contributed by atoms with Gasteiger partial charge in [-0.3, -0.25) is 9.59 Å². The molecule has 1 aliphatic heterocycles. The highest BCUT2D eigenvalue weighted by Gasteiger charge is 2.25. The Hall–Kier alpha value is -2.37. The molecule has 6 heteroatoms. The van der Waals surface area contributed by atoms with Gasteiger partial charge >= 0.3 is 5.97 Å². The summed E-state index contributed by atoms with van der Waals surface area (Å²) in [6, 6.07) is 5.27. The van der Waals surface area contributed by atoms with Crippen LogP contribution in [0.4, 0.5) is 4.39 Å². The molecule has 0 spiro atoms. The predicted molar refractivity (Wildman–Crippen MR) is 87.7 cm³/mol. The molecule has 0 bridgehead atoms. The first-order chi connectivity index (χ1) is 11.6. The van der Waals surface area contributed by atoms with Crippen LogP contribution in [0.2, 0.25) is 0 Å². The zero-order valence-electron chi connectivity index (χ0n) is 14.0. The predicted octanol–water partition coefficient (Wildman–Crippen LogP) is 2.89. The van der Waals surface area contributed by atoms with E-state index >= 15 is 0 Å². The van der Waals surface area contributed by atoms with Gasteiger partial charge in [0.05, 0.1) is 19.9 Å². The highest BCUT2D eigenvalue weighted by molar-refractivity contribution is 5.97. The summed E-state index contributed by atoms with van der Waals surface area (Å²) in [5.41, 5.74) is 2.11. The molecule has 24 heavy (non-hydrogen) atoms. The number of hydrogen-bond donors (Lipinski definition) is 0. The number of carbonyl (C=O) groups excluding carboxylic acids is 2. The maximum Gasteiger partial charge on any atom is 0.307 e. The van der Waals surface area contributed by atoms with Crippen molar-refractivity contribution in [2.75, 3.05) is 26.8 Å². The molecule has 0 fully saturated rings. The zero-order valence-corrected chi connectivity index (χ0v) is 14.0. The number of rotatable bonds is 7. The molecule has 2 rings (SSSR count). The average molecular weight is 335 g/mol. The topological polar surface area (TPSA) is 55.8 Å². The SMILES string of the molecule is CC/C(=C\F)COc1ccc2c(c1)CCN(CCC(=O)OC)C2=O. The molecule has 0 aromatic heterocycles. The molecule has 0 aliphatic carbocycles. The number of nitrogens with zero attached hydrogens (tertiary/aromatic N) is 1. The Bertz CT molecular complexity index is 642. The Kier molecular flexibility index (Phi) is 6.35. The van der Waals surface area contributed by atoms with E-state index in [0.29, 0.717) is 49.1 Å². The normalized spacial score (nSPS) is 14.4. The first kappa shape index (κ1) is 18.0. The molecule has 0 saturated carbocycles. The molecule has 5 nitrogen and oxygen atoms in total. The molecule has 0 saturated heterocycles. The fourth-order valence-corrected chi connectivity index (χ4v) is 2.53. The summed E-state index contributed by atoms with van der Waals surface area (Å²) in [4.78, 5) is 25.3. The van der Waals surface area contributed by atoms with Crippen LogP contribution in [0.3, 0.4) is 0 Å². The molecular formula is C18H22FNO4. The number of halogens is 1. The quantitative estimate of drug-likeness (QED) is 0.719. The van der Waals surface area contributed by atoms with Crippen molar-refractivity contribution in [1.82, 2.24) is 4.90 Å². The van der Waals surface area contributed by atoms with Crippen LogP contribution < -0.4 is 4.74 Å².